The first-order chi connectivity index (χ1) is 9.60. The van der Waals surface area contributed by atoms with Crippen LogP contribution >= 0.6 is 0 Å². The molecule has 0 spiro atoms. The van der Waals surface area contributed by atoms with Crippen LogP contribution in [0.2, 0.25) is 0 Å². The van der Waals surface area contributed by atoms with Crippen molar-refractivity contribution in [2.45, 2.75) is 6.42 Å². The molecule has 20 heavy (non-hydrogen) atoms. The number of carbonyl (C=O) groups is 1. The molecule has 5 heteroatoms. The number of hydrogen-bond donors (Lipinski definition) is 3. The number of nitrogen functional groups attached to an aromatic ring is 1. The number of nitrogens with two attached hydrogens (primary N) is 1. The molecule has 1 amide bonds. The zero-order chi connectivity index (χ0) is 14.5. The number of ether oxygens (including phenoxy) is 1. The third kappa shape index (κ3) is 3.20. The number of amides is 1. The molecule has 0 unspecified atom stereocenters. The van der Waals surface area contributed by atoms with Gasteiger partial charge in [-0.15, -0.1) is 0 Å². The number of anilines is 2. The van der Waals surface area contributed by atoms with Crippen molar-refractivity contribution in [2.24, 2.45) is 0 Å². The third-order valence-corrected chi connectivity index (χ3v) is 2.88. The fraction of sp³-hybridized carbons (Fsp3) is 0.133. The maximum atomic E-state index is 11.9. The van der Waals surface area contributed by atoms with Gasteiger partial charge in [0.1, 0.15) is 11.5 Å². The van der Waals surface area contributed by atoms with Gasteiger partial charge < -0.3 is 20.9 Å². The standard InChI is InChI=1S/C15H16N2O3/c1-20-11-6-7-13(12(16)9-11)17-15(19)8-10-4-2-3-5-14(10)18/h2-7,9,18H,8,16H2,1H3,(H,17,19). The average Bonchev–Trinajstić information content (AvgIpc) is 2.43. The summed E-state index contributed by atoms with van der Waals surface area (Å²) in [7, 11) is 1.55. The molecule has 0 saturated heterocycles. The number of benzene rings is 2. The molecule has 5 nitrogen and oxygen atoms in total. The van der Waals surface area contributed by atoms with Crippen LogP contribution in [0.3, 0.4) is 0 Å². The van der Waals surface area contributed by atoms with Gasteiger partial charge in [0.15, 0.2) is 0 Å². The minimum Gasteiger partial charge on any atom is -0.508 e. The molecule has 0 atom stereocenters. The first kappa shape index (κ1) is 13.7. The summed E-state index contributed by atoms with van der Waals surface area (Å²) in [5.74, 6) is 0.481. The average molecular weight is 272 g/mol. The second-order valence-corrected chi connectivity index (χ2v) is 4.31. The van der Waals surface area contributed by atoms with Gasteiger partial charge in [-0.1, -0.05) is 18.2 Å². The van der Waals surface area contributed by atoms with Gasteiger partial charge >= 0.3 is 0 Å². The Morgan fingerprint density at radius 3 is 2.70 bits per heavy atom. The van der Waals surface area contributed by atoms with Crippen molar-refractivity contribution in [3.8, 4) is 11.5 Å². The Hall–Kier alpha value is -2.69. The summed E-state index contributed by atoms with van der Waals surface area (Å²) < 4.78 is 5.04. The number of carbonyl (C=O) groups excluding carboxylic acids is 1. The maximum absolute atomic E-state index is 11.9. The van der Waals surface area contributed by atoms with E-state index in [9.17, 15) is 9.90 Å². The molecule has 2 aromatic carbocycles. The van der Waals surface area contributed by atoms with Crippen LogP contribution in [0, 0.1) is 0 Å². The Labute approximate surface area is 117 Å². The molecule has 0 bridgehead atoms. The second-order valence-electron chi connectivity index (χ2n) is 4.31. The highest BCUT2D eigenvalue weighted by molar-refractivity contribution is 5.95. The SMILES string of the molecule is COc1ccc(NC(=O)Cc2ccccc2O)c(N)c1. The van der Waals surface area contributed by atoms with Crippen LogP contribution in [0.5, 0.6) is 11.5 Å². The smallest absolute Gasteiger partial charge is 0.228 e. The Kier molecular flexibility index (Phi) is 4.10. The van der Waals surface area contributed by atoms with Crippen LogP contribution in [0.15, 0.2) is 42.5 Å². The van der Waals surface area contributed by atoms with Gasteiger partial charge in [0.2, 0.25) is 5.91 Å². The molecule has 2 aromatic rings. The van der Waals surface area contributed by atoms with Gasteiger partial charge in [-0.2, -0.15) is 0 Å². The van der Waals surface area contributed by atoms with Crippen LogP contribution < -0.4 is 15.8 Å². The molecule has 0 aliphatic rings. The van der Waals surface area contributed by atoms with Crippen molar-refractivity contribution >= 4 is 17.3 Å². The fourth-order valence-corrected chi connectivity index (χ4v) is 1.81. The number of methoxy groups -OCH3 is 1. The quantitative estimate of drug-likeness (QED) is 0.745. The van der Waals surface area contributed by atoms with Gasteiger partial charge in [-0.3, -0.25) is 4.79 Å². The van der Waals surface area contributed by atoms with Crippen LogP contribution in [-0.2, 0) is 11.2 Å². The Morgan fingerprint density at radius 2 is 2.05 bits per heavy atom. The van der Waals surface area contributed by atoms with E-state index in [-0.39, 0.29) is 18.1 Å². The fourth-order valence-electron chi connectivity index (χ4n) is 1.81. The van der Waals surface area contributed by atoms with Crippen LogP contribution in [0.1, 0.15) is 5.56 Å². The lowest BCUT2D eigenvalue weighted by molar-refractivity contribution is -0.115. The zero-order valence-electron chi connectivity index (χ0n) is 11.1. The zero-order valence-corrected chi connectivity index (χ0v) is 11.1. The van der Waals surface area contributed by atoms with E-state index >= 15 is 0 Å². The summed E-state index contributed by atoms with van der Waals surface area (Å²) in [4.78, 5) is 11.9. The number of phenols is 1. The molecule has 2 rings (SSSR count). The number of hydrogen-bond acceptors (Lipinski definition) is 4. The van der Waals surface area contributed by atoms with Gasteiger partial charge in [-0.05, 0) is 18.2 Å². The van der Waals surface area contributed by atoms with Crippen molar-refractivity contribution in [1.82, 2.24) is 0 Å². The van der Waals surface area contributed by atoms with Crippen LogP contribution in [-0.4, -0.2) is 18.1 Å². The summed E-state index contributed by atoms with van der Waals surface area (Å²) >= 11 is 0. The molecular formula is C15H16N2O3. The summed E-state index contributed by atoms with van der Waals surface area (Å²) in [5, 5.41) is 12.3. The molecule has 0 saturated carbocycles. The minimum atomic E-state index is -0.247. The van der Waals surface area contributed by atoms with Crippen molar-refractivity contribution in [3.63, 3.8) is 0 Å². The summed E-state index contributed by atoms with van der Waals surface area (Å²) in [5.41, 5.74) is 7.34. The van der Waals surface area contributed by atoms with E-state index in [1.807, 2.05) is 0 Å². The molecule has 0 aliphatic heterocycles. The van der Waals surface area contributed by atoms with Crippen molar-refractivity contribution in [3.05, 3.63) is 48.0 Å². The Balaban J connectivity index is 2.07. The van der Waals surface area contributed by atoms with Crippen molar-refractivity contribution < 1.29 is 14.6 Å². The van der Waals surface area contributed by atoms with Gasteiger partial charge in [0.05, 0.1) is 24.9 Å². The first-order valence-corrected chi connectivity index (χ1v) is 6.10. The van der Waals surface area contributed by atoms with E-state index in [1.165, 1.54) is 0 Å². The second kappa shape index (κ2) is 5.97. The van der Waals surface area contributed by atoms with Gasteiger partial charge in [0.25, 0.3) is 0 Å². The molecule has 0 aromatic heterocycles. The maximum Gasteiger partial charge on any atom is 0.228 e. The van der Waals surface area contributed by atoms with E-state index in [1.54, 1.807) is 49.6 Å². The van der Waals surface area contributed by atoms with Crippen molar-refractivity contribution in [2.75, 3.05) is 18.2 Å². The van der Waals surface area contributed by atoms with Gasteiger partial charge in [0, 0.05) is 11.6 Å². The lowest BCUT2D eigenvalue weighted by Crippen LogP contribution is -2.15. The third-order valence-electron chi connectivity index (χ3n) is 2.88. The number of aromatic hydroxyl groups is 1. The van der Waals surface area contributed by atoms with Crippen LogP contribution in [0.25, 0.3) is 0 Å². The predicted molar refractivity (Wildman–Crippen MR) is 77.8 cm³/mol. The number of nitrogens with one attached hydrogen (secondary N) is 1. The first-order valence-electron chi connectivity index (χ1n) is 6.10. The van der Waals surface area contributed by atoms with Crippen LogP contribution in [0.4, 0.5) is 11.4 Å². The summed E-state index contributed by atoms with van der Waals surface area (Å²) in [6, 6.07) is 11.7. The highest BCUT2D eigenvalue weighted by Crippen LogP contribution is 2.24. The largest absolute Gasteiger partial charge is 0.508 e. The molecular weight excluding hydrogens is 256 g/mol. The molecule has 0 heterocycles. The van der Waals surface area contributed by atoms with Gasteiger partial charge in [-0.25, -0.2) is 0 Å². The predicted octanol–water partition coefficient (Wildman–Crippen LogP) is 2.16. The monoisotopic (exact) mass is 272 g/mol. The lowest BCUT2D eigenvalue weighted by atomic mass is 10.1. The summed E-state index contributed by atoms with van der Waals surface area (Å²) in [6.07, 6.45) is 0.0815. The lowest BCUT2D eigenvalue weighted by Gasteiger charge is -2.10. The summed E-state index contributed by atoms with van der Waals surface area (Å²) in [6.45, 7) is 0. The van der Waals surface area contributed by atoms with E-state index in [0.717, 1.165) is 0 Å². The van der Waals surface area contributed by atoms with Crippen molar-refractivity contribution in [1.29, 1.82) is 0 Å². The molecule has 4 N–H and O–H groups in total. The normalized spacial score (nSPS) is 10.1. The number of rotatable bonds is 4. The number of para-hydroxylation sites is 1. The molecule has 0 radical (unpaired) electrons. The van der Waals surface area contributed by atoms with E-state index < -0.39 is 0 Å². The Bertz CT molecular complexity index is 626. The molecule has 0 fully saturated rings. The highest BCUT2D eigenvalue weighted by Gasteiger charge is 2.09. The Morgan fingerprint density at radius 1 is 1.30 bits per heavy atom. The number of phenolic OH excluding ortho intramolecular Hbond substituents is 1. The van der Waals surface area contributed by atoms with E-state index in [2.05, 4.69) is 5.32 Å². The molecule has 104 valence electrons. The topological polar surface area (TPSA) is 84.6 Å². The van der Waals surface area contributed by atoms with E-state index in [0.29, 0.717) is 22.7 Å². The molecule has 0 aliphatic carbocycles. The van der Waals surface area contributed by atoms with E-state index in [4.69, 9.17) is 10.5 Å². The highest BCUT2D eigenvalue weighted by atomic mass is 16.5. The minimum absolute atomic E-state index is 0.0815.